The molecule has 0 spiro atoms. The van der Waals surface area contributed by atoms with Crippen LogP contribution in [0.5, 0.6) is 0 Å². The summed E-state index contributed by atoms with van der Waals surface area (Å²) in [5, 5.41) is 9.21. The van der Waals surface area contributed by atoms with Gasteiger partial charge in [-0.1, -0.05) is 0 Å². The van der Waals surface area contributed by atoms with Gasteiger partial charge in [-0.2, -0.15) is 15.0 Å². The maximum absolute atomic E-state index is 9.21. The standard InChI is InChI=1S/C10H18N6O/c1-16(4-6-2-7(17)3-6)5-8-13-9(11)15-10(12)14-8/h6-7,17H,2-5H2,1H3,(H4,11,12,13,14,15). The molecule has 0 amide bonds. The number of aliphatic hydroxyl groups is 1. The van der Waals surface area contributed by atoms with Crippen LogP contribution in [0, 0.1) is 5.92 Å². The van der Waals surface area contributed by atoms with Crippen LogP contribution in [0.15, 0.2) is 0 Å². The third kappa shape index (κ3) is 3.24. The molecular weight excluding hydrogens is 220 g/mol. The highest BCUT2D eigenvalue weighted by Crippen LogP contribution is 2.27. The van der Waals surface area contributed by atoms with E-state index in [1.165, 1.54) is 0 Å². The monoisotopic (exact) mass is 238 g/mol. The van der Waals surface area contributed by atoms with Crippen molar-refractivity contribution in [1.82, 2.24) is 19.9 Å². The fourth-order valence-corrected chi connectivity index (χ4v) is 2.12. The lowest BCUT2D eigenvalue weighted by Crippen LogP contribution is -2.37. The van der Waals surface area contributed by atoms with Gasteiger partial charge in [0.25, 0.3) is 0 Å². The number of aliphatic hydroxyl groups excluding tert-OH is 1. The van der Waals surface area contributed by atoms with Crippen LogP contribution in [0.25, 0.3) is 0 Å². The second-order valence-electron chi connectivity index (χ2n) is 4.66. The van der Waals surface area contributed by atoms with E-state index in [1.807, 2.05) is 7.05 Å². The van der Waals surface area contributed by atoms with Crippen LogP contribution in [0.2, 0.25) is 0 Å². The van der Waals surface area contributed by atoms with E-state index in [1.54, 1.807) is 0 Å². The number of nitrogens with zero attached hydrogens (tertiary/aromatic N) is 4. The zero-order chi connectivity index (χ0) is 12.4. The summed E-state index contributed by atoms with van der Waals surface area (Å²) in [5.41, 5.74) is 11.0. The Morgan fingerprint density at radius 1 is 1.24 bits per heavy atom. The van der Waals surface area contributed by atoms with Crippen LogP contribution in [-0.4, -0.2) is 44.7 Å². The minimum atomic E-state index is -0.114. The Morgan fingerprint density at radius 2 is 1.82 bits per heavy atom. The molecule has 0 aromatic carbocycles. The highest BCUT2D eigenvalue weighted by molar-refractivity contribution is 5.25. The van der Waals surface area contributed by atoms with E-state index in [4.69, 9.17) is 11.5 Å². The number of nitrogens with two attached hydrogens (primary N) is 2. The van der Waals surface area contributed by atoms with Crippen molar-refractivity contribution in [2.75, 3.05) is 25.1 Å². The molecule has 17 heavy (non-hydrogen) atoms. The van der Waals surface area contributed by atoms with E-state index >= 15 is 0 Å². The predicted molar refractivity (Wildman–Crippen MR) is 63.7 cm³/mol. The second-order valence-corrected chi connectivity index (χ2v) is 4.66. The van der Waals surface area contributed by atoms with Crippen molar-refractivity contribution in [2.45, 2.75) is 25.5 Å². The molecule has 0 unspecified atom stereocenters. The highest BCUT2D eigenvalue weighted by Gasteiger charge is 2.27. The van der Waals surface area contributed by atoms with Gasteiger partial charge in [0.15, 0.2) is 0 Å². The molecule has 7 nitrogen and oxygen atoms in total. The molecule has 2 rings (SSSR count). The molecule has 0 bridgehead atoms. The number of hydrogen-bond donors (Lipinski definition) is 3. The van der Waals surface area contributed by atoms with Crippen molar-refractivity contribution in [3.8, 4) is 0 Å². The molecule has 1 aliphatic rings. The van der Waals surface area contributed by atoms with E-state index in [9.17, 15) is 5.11 Å². The molecule has 1 fully saturated rings. The van der Waals surface area contributed by atoms with Gasteiger partial charge in [0.05, 0.1) is 12.6 Å². The van der Waals surface area contributed by atoms with Crippen LogP contribution in [0.4, 0.5) is 11.9 Å². The van der Waals surface area contributed by atoms with Gasteiger partial charge < -0.3 is 16.6 Å². The maximum atomic E-state index is 9.21. The summed E-state index contributed by atoms with van der Waals surface area (Å²) in [5.74, 6) is 1.45. The summed E-state index contributed by atoms with van der Waals surface area (Å²) in [6, 6.07) is 0. The lowest BCUT2D eigenvalue weighted by molar-refractivity contribution is 0.0271. The predicted octanol–water partition coefficient (Wildman–Crippen LogP) is -0.761. The normalized spacial score (nSPS) is 23.7. The summed E-state index contributed by atoms with van der Waals surface area (Å²) < 4.78 is 0. The zero-order valence-electron chi connectivity index (χ0n) is 9.87. The van der Waals surface area contributed by atoms with Gasteiger partial charge >= 0.3 is 0 Å². The molecule has 1 aliphatic carbocycles. The van der Waals surface area contributed by atoms with Gasteiger partial charge in [0.2, 0.25) is 11.9 Å². The first-order valence-corrected chi connectivity index (χ1v) is 5.65. The third-order valence-corrected chi connectivity index (χ3v) is 2.91. The first-order valence-electron chi connectivity index (χ1n) is 5.65. The molecular formula is C10H18N6O. The van der Waals surface area contributed by atoms with Crippen molar-refractivity contribution in [3.63, 3.8) is 0 Å². The lowest BCUT2D eigenvalue weighted by atomic mass is 9.82. The Balaban J connectivity index is 1.86. The SMILES string of the molecule is CN(Cc1nc(N)nc(N)n1)CC1CC(O)C1. The Labute approximate surface area is 99.9 Å². The molecule has 1 aromatic rings. The molecule has 0 saturated heterocycles. The summed E-state index contributed by atoms with van der Waals surface area (Å²) in [6.45, 7) is 1.51. The first-order chi connectivity index (χ1) is 8.02. The van der Waals surface area contributed by atoms with Crippen molar-refractivity contribution in [1.29, 1.82) is 0 Å². The average Bonchev–Trinajstić information content (AvgIpc) is 2.13. The van der Waals surface area contributed by atoms with Crippen molar-refractivity contribution in [2.24, 2.45) is 5.92 Å². The van der Waals surface area contributed by atoms with E-state index < -0.39 is 0 Å². The molecule has 0 atom stereocenters. The van der Waals surface area contributed by atoms with Gasteiger partial charge in [-0.05, 0) is 25.8 Å². The van der Waals surface area contributed by atoms with E-state index in [2.05, 4.69) is 19.9 Å². The number of nitrogen functional groups attached to an aromatic ring is 2. The topological polar surface area (TPSA) is 114 Å². The van der Waals surface area contributed by atoms with E-state index in [0.717, 1.165) is 19.4 Å². The average molecular weight is 238 g/mol. The molecule has 7 heteroatoms. The van der Waals surface area contributed by atoms with Gasteiger partial charge in [0, 0.05) is 6.54 Å². The maximum Gasteiger partial charge on any atom is 0.225 e. The zero-order valence-corrected chi connectivity index (χ0v) is 9.87. The molecule has 94 valence electrons. The summed E-state index contributed by atoms with van der Waals surface area (Å²) in [4.78, 5) is 13.9. The minimum Gasteiger partial charge on any atom is -0.393 e. The van der Waals surface area contributed by atoms with Gasteiger partial charge in [-0.3, -0.25) is 4.90 Å². The van der Waals surface area contributed by atoms with E-state index in [-0.39, 0.29) is 18.0 Å². The molecule has 1 aromatic heterocycles. The summed E-state index contributed by atoms with van der Waals surface area (Å²) >= 11 is 0. The Hall–Kier alpha value is -1.47. The Morgan fingerprint density at radius 3 is 2.35 bits per heavy atom. The highest BCUT2D eigenvalue weighted by atomic mass is 16.3. The largest absolute Gasteiger partial charge is 0.393 e. The van der Waals surface area contributed by atoms with Gasteiger partial charge in [0.1, 0.15) is 5.82 Å². The molecule has 1 heterocycles. The van der Waals surface area contributed by atoms with Gasteiger partial charge in [-0.15, -0.1) is 0 Å². The summed E-state index contributed by atoms with van der Waals surface area (Å²) in [6.07, 6.45) is 1.65. The van der Waals surface area contributed by atoms with Crippen molar-refractivity contribution < 1.29 is 5.11 Å². The Kier molecular flexibility index (Phi) is 3.39. The third-order valence-electron chi connectivity index (χ3n) is 2.91. The smallest absolute Gasteiger partial charge is 0.225 e. The molecule has 0 aliphatic heterocycles. The van der Waals surface area contributed by atoms with Crippen LogP contribution in [-0.2, 0) is 6.54 Å². The van der Waals surface area contributed by atoms with Crippen LogP contribution >= 0.6 is 0 Å². The molecule has 0 radical (unpaired) electrons. The minimum absolute atomic E-state index is 0.114. The fourth-order valence-electron chi connectivity index (χ4n) is 2.12. The summed E-state index contributed by atoms with van der Waals surface area (Å²) in [7, 11) is 1.99. The fraction of sp³-hybridized carbons (Fsp3) is 0.700. The lowest BCUT2D eigenvalue weighted by Gasteiger charge is -2.34. The van der Waals surface area contributed by atoms with E-state index in [0.29, 0.717) is 18.3 Å². The number of rotatable bonds is 4. The number of anilines is 2. The number of hydrogen-bond acceptors (Lipinski definition) is 7. The Bertz CT molecular complexity index is 372. The van der Waals surface area contributed by atoms with Crippen LogP contribution in [0.3, 0.4) is 0 Å². The van der Waals surface area contributed by atoms with Gasteiger partial charge in [-0.25, -0.2) is 0 Å². The number of aromatic nitrogens is 3. The second kappa shape index (κ2) is 4.80. The quantitative estimate of drug-likeness (QED) is 0.631. The van der Waals surface area contributed by atoms with Crippen molar-refractivity contribution >= 4 is 11.9 Å². The van der Waals surface area contributed by atoms with Crippen LogP contribution in [0.1, 0.15) is 18.7 Å². The first kappa shape index (κ1) is 12.0. The van der Waals surface area contributed by atoms with Crippen LogP contribution < -0.4 is 11.5 Å². The molecule has 5 N–H and O–H groups in total. The molecule has 1 saturated carbocycles. The van der Waals surface area contributed by atoms with Crippen molar-refractivity contribution in [3.05, 3.63) is 5.82 Å².